The largest absolute Gasteiger partial charge is 0.508 e. The van der Waals surface area contributed by atoms with Gasteiger partial charge in [-0.1, -0.05) is 26.0 Å². The summed E-state index contributed by atoms with van der Waals surface area (Å²) in [6.07, 6.45) is 4.98. The van der Waals surface area contributed by atoms with Crippen LogP contribution in [-0.2, 0) is 11.2 Å². The van der Waals surface area contributed by atoms with E-state index >= 15 is 4.39 Å². The maximum absolute atomic E-state index is 15.4. The molecule has 4 aliphatic rings. The molecule has 0 aliphatic carbocycles. The summed E-state index contributed by atoms with van der Waals surface area (Å²) in [5.74, 6) is 0.762. The first-order chi connectivity index (χ1) is 22.7. The Morgan fingerprint density at radius 1 is 1.11 bits per heavy atom. The van der Waals surface area contributed by atoms with E-state index in [2.05, 4.69) is 30.1 Å². The van der Waals surface area contributed by atoms with Crippen LogP contribution in [0, 0.1) is 24.1 Å². The quantitative estimate of drug-likeness (QED) is 0.297. The predicted molar refractivity (Wildman–Crippen MR) is 179 cm³/mol. The van der Waals surface area contributed by atoms with Crippen LogP contribution in [0.4, 0.5) is 14.6 Å². The van der Waals surface area contributed by atoms with E-state index in [1.807, 2.05) is 13.8 Å². The molecule has 8 nitrogen and oxygen atoms in total. The Hall–Kier alpha value is -3.89. The van der Waals surface area contributed by atoms with Gasteiger partial charge in [0.15, 0.2) is 0 Å². The third-order valence-electron chi connectivity index (χ3n) is 10.8. The van der Waals surface area contributed by atoms with Crippen LogP contribution in [-0.4, -0.2) is 72.8 Å². The zero-order valence-electron chi connectivity index (χ0n) is 27.4. The molecule has 0 spiro atoms. The number of ether oxygens (including phenoxy) is 2. The Labute approximate surface area is 272 Å². The molecule has 246 valence electrons. The SMILES string of the molecule is CCc1c(F)ccc2cc(O)cc(-c3c(C)c4nc(OCC5(CF)COC5)nc(N5CC6CCC(C5)N6)c4c4c3=NC(C)C(C)C=4)c12. The first-order valence-electron chi connectivity index (χ1n) is 16.8. The zero-order valence-corrected chi connectivity index (χ0v) is 27.4. The van der Waals surface area contributed by atoms with E-state index in [0.29, 0.717) is 42.8 Å². The second-order valence-corrected chi connectivity index (χ2v) is 14.1. The second kappa shape index (κ2) is 11.4. The average molecular weight is 642 g/mol. The molecule has 0 radical (unpaired) electrons. The number of piperazine rings is 1. The van der Waals surface area contributed by atoms with Crippen molar-refractivity contribution in [2.45, 2.75) is 65.1 Å². The van der Waals surface area contributed by atoms with Crippen LogP contribution in [0.3, 0.4) is 0 Å². The third kappa shape index (κ3) is 4.94. The van der Waals surface area contributed by atoms with Gasteiger partial charge in [-0.3, -0.25) is 9.38 Å². The highest BCUT2D eigenvalue weighted by molar-refractivity contribution is 6.04. The first-order valence-corrected chi connectivity index (χ1v) is 16.8. The number of hydrogen-bond acceptors (Lipinski definition) is 8. The minimum Gasteiger partial charge on any atom is -0.508 e. The molecule has 4 aliphatic heterocycles. The van der Waals surface area contributed by atoms with Gasteiger partial charge in [0.1, 0.15) is 30.7 Å². The molecule has 3 saturated heterocycles. The smallest absolute Gasteiger partial charge is 0.318 e. The molecule has 4 atom stereocenters. The Bertz CT molecular complexity index is 2030. The summed E-state index contributed by atoms with van der Waals surface area (Å²) in [6.45, 7) is 10.0. The van der Waals surface area contributed by atoms with E-state index in [9.17, 15) is 9.50 Å². The maximum Gasteiger partial charge on any atom is 0.318 e. The summed E-state index contributed by atoms with van der Waals surface area (Å²) in [5, 5.41) is 18.9. The van der Waals surface area contributed by atoms with Gasteiger partial charge in [-0.05, 0) is 84.7 Å². The molecule has 8 rings (SSSR count). The van der Waals surface area contributed by atoms with Gasteiger partial charge >= 0.3 is 6.01 Å². The second-order valence-electron chi connectivity index (χ2n) is 14.1. The summed E-state index contributed by atoms with van der Waals surface area (Å²) in [6, 6.07) is 7.54. The van der Waals surface area contributed by atoms with Crippen molar-refractivity contribution in [2.24, 2.45) is 16.3 Å². The van der Waals surface area contributed by atoms with Crippen molar-refractivity contribution in [3.05, 3.63) is 51.8 Å². The van der Waals surface area contributed by atoms with E-state index in [-0.39, 0.29) is 36.1 Å². The molecule has 2 N–H and O–H groups in total. The number of aromatic nitrogens is 2. The van der Waals surface area contributed by atoms with E-state index in [0.717, 1.165) is 75.2 Å². The molecule has 4 aromatic rings. The van der Waals surface area contributed by atoms with E-state index in [1.165, 1.54) is 6.07 Å². The highest BCUT2D eigenvalue weighted by Gasteiger charge is 2.41. The Morgan fingerprint density at radius 3 is 2.55 bits per heavy atom. The van der Waals surface area contributed by atoms with Crippen LogP contribution in [0.15, 0.2) is 29.3 Å². The van der Waals surface area contributed by atoms with Crippen LogP contribution < -0.4 is 25.5 Å². The summed E-state index contributed by atoms with van der Waals surface area (Å²) < 4.78 is 41.0. The topological polar surface area (TPSA) is 92.1 Å². The van der Waals surface area contributed by atoms with Crippen LogP contribution in [0.5, 0.6) is 11.8 Å². The van der Waals surface area contributed by atoms with Gasteiger partial charge in [0.05, 0.1) is 40.9 Å². The van der Waals surface area contributed by atoms with Gasteiger partial charge in [-0.25, -0.2) is 4.39 Å². The fourth-order valence-electron chi connectivity index (χ4n) is 7.96. The minimum atomic E-state index is -0.692. The van der Waals surface area contributed by atoms with E-state index < -0.39 is 12.1 Å². The van der Waals surface area contributed by atoms with Crippen molar-refractivity contribution >= 4 is 33.6 Å². The number of phenols is 1. The lowest BCUT2D eigenvalue weighted by Crippen LogP contribution is -2.52. The number of benzene rings is 3. The number of anilines is 1. The number of aryl methyl sites for hydroxylation is 2. The van der Waals surface area contributed by atoms with E-state index in [4.69, 9.17) is 24.4 Å². The lowest BCUT2D eigenvalue weighted by molar-refractivity contribution is -0.142. The molecule has 1 aromatic heterocycles. The number of alkyl halides is 1. The number of fused-ring (bicyclic) bond motifs is 6. The van der Waals surface area contributed by atoms with Crippen molar-refractivity contribution < 1.29 is 23.4 Å². The van der Waals surface area contributed by atoms with Gasteiger partial charge in [-0.2, -0.15) is 9.97 Å². The summed E-state index contributed by atoms with van der Waals surface area (Å²) >= 11 is 0. The van der Waals surface area contributed by atoms with Crippen LogP contribution in [0.2, 0.25) is 0 Å². The number of nitrogens with one attached hydrogen (secondary N) is 1. The Kier molecular flexibility index (Phi) is 7.37. The molecule has 10 heteroatoms. The molecule has 3 aromatic carbocycles. The van der Waals surface area contributed by atoms with Gasteiger partial charge in [0.2, 0.25) is 0 Å². The standard InChI is InChI=1S/C37H41F2N5O3/c1-5-26-29(39)9-6-22-11-25(45)12-27(31(22)26)30-20(3)33-32(28-10-19(2)21(4)40-34(28)30)35(44-13-23-7-8-24(14-44)41-23)43-36(42-33)47-18-37(15-38)16-46-17-37/h6,9-12,19,21,23-24,41,45H,5,7-8,13-18H2,1-4H3. The number of nitrogens with zero attached hydrogens (tertiary/aromatic N) is 4. The normalized spacial score (nSPS) is 24.5. The van der Waals surface area contributed by atoms with Crippen LogP contribution in [0.1, 0.15) is 44.7 Å². The lowest BCUT2D eigenvalue weighted by atomic mass is 9.87. The number of halogens is 2. The predicted octanol–water partition coefficient (Wildman–Crippen LogP) is 4.91. The maximum atomic E-state index is 15.4. The van der Waals surface area contributed by atoms with Gasteiger partial charge < -0.3 is 24.8 Å². The molecule has 0 saturated carbocycles. The zero-order chi connectivity index (χ0) is 32.6. The minimum absolute atomic E-state index is 0.00708. The summed E-state index contributed by atoms with van der Waals surface area (Å²) in [5.41, 5.74) is 2.98. The van der Waals surface area contributed by atoms with Crippen molar-refractivity contribution in [2.75, 3.05) is 44.5 Å². The van der Waals surface area contributed by atoms with E-state index in [1.54, 1.807) is 18.2 Å². The molecule has 2 bridgehead atoms. The fourth-order valence-corrected chi connectivity index (χ4v) is 7.96. The fraction of sp³-hybridized carbons (Fsp3) is 0.486. The monoisotopic (exact) mass is 641 g/mol. The first kappa shape index (κ1) is 30.4. The molecule has 3 fully saturated rings. The third-order valence-corrected chi connectivity index (χ3v) is 10.8. The number of aromatic hydroxyl groups is 1. The average Bonchev–Trinajstić information content (AvgIpc) is 3.38. The Morgan fingerprint density at radius 2 is 1.87 bits per heavy atom. The summed E-state index contributed by atoms with van der Waals surface area (Å²) in [4.78, 5) is 17.8. The van der Waals surface area contributed by atoms with Crippen molar-refractivity contribution in [3.8, 4) is 22.9 Å². The van der Waals surface area contributed by atoms with Crippen LogP contribution in [0.25, 0.3) is 38.9 Å². The van der Waals surface area contributed by atoms with Crippen LogP contribution >= 0.6 is 0 Å². The molecule has 5 heterocycles. The highest BCUT2D eigenvalue weighted by Crippen LogP contribution is 2.39. The summed E-state index contributed by atoms with van der Waals surface area (Å²) in [7, 11) is 0. The lowest BCUT2D eigenvalue weighted by Gasteiger charge is -2.38. The molecule has 47 heavy (non-hydrogen) atoms. The van der Waals surface area contributed by atoms with Crippen molar-refractivity contribution in [1.82, 2.24) is 15.3 Å². The number of rotatable bonds is 7. The van der Waals surface area contributed by atoms with Gasteiger partial charge in [0, 0.05) is 36.0 Å². The molecular weight excluding hydrogens is 600 g/mol. The van der Waals surface area contributed by atoms with Gasteiger partial charge in [-0.15, -0.1) is 0 Å². The van der Waals surface area contributed by atoms with Crippen molar-refractivity contribution in [3.63, 3.8) is 0 Å². The molecule has 0 amide bonds. The highest BCUT2D eigenvalue weighted by atomic mass is 19.1. The van der Waals surface area contributed by atoms with Gasteiger partial charge in [0.25, 0.3) is 0 Å². The van der Waals surface area contributed by atoms with Crippen molar-refractivity contribution in [1.29, 1.82) is 0 Å². The molecular formula is C37H41F2N5O3. The number of hydrogen-bond donors (Lipinski definition) is 2. The Balaban J connectivity index is 1.45. The molecule has 4 unspecified atom stereocenters. The number of phenolic OH excluding ortho intramolecular Hbond substituents is 1.